The zero-order valence-electron chi connectivity index (χ0n) is 13.0. The molecule has 2 amide bonds. The first-order chi connectivity index (χ1) is 11.1. The molecule has 7 heteroatoms. The van der Waals surface area contributed by atoms with Crippen molar-refractivity contribution < 1.29 is 19.8 Å². The molecule has 0 radical (unpaired) electrons. The third kappa shape index (κ3) is 5.02. The van der Waals surface area contributed by atoms with Crippen LogP contribution in [0.15, 0.2) is 30.3 Å². The van der Waals surface area contributed by atoms with Gasteiger partial charge in [-0.15, -0.1) is 0 Å². The Hall–Kier alpha value is -1.96. The molecule has 1 unspecified atom stereocenters. The topological polar surface area (TPSA) is 102 Å². The van der Waals surface area contributed by atoms with Crippen LogP contribution in [0.5, 0.6) is 0 Å². The van der Waals surface area contributed by atoms with Gasteiger partial charge in [0.05, 0.1) is 5.54 Å². The minimum atomic E-state index is -0.626. The summed E-state index contributed by atoms with van der Waals surface area (Å²) in [6, 6.07) is 10.0. The fourth-order valence-corrected chi connectivity index (χ4v) is 2.88. The molecule has 1 heterocycles. The first-order valence-corrected chi connectivity index (χ1v) is 7.62. The number of carbonyl (C=O) groups excluding carboxylic acids is 2. The van der Waals surface area contributed by atoms with Gasteiger partial charge in [0, 0.05) is 26.2 Å². The largest absolute Gasteiger partial charge is 0.387 e. The average Bonchev–Trinajstić information content (AvgIpc) is 2.96. The average molecular weight is 321 g/mol. The lowest BCUT2D eigenvalue weighted by Crippen LogP contribution is -2.58. The SMILES string of the molecule is O=C(CO)NCC1(NC(=O)CO)CCN(Cc2ccccc2)C1. The number of hydrogen-bond acceptors (Lipinski definition) is 5. The molecular weight excluding hydrogens is 298 g/mol. The van der Waals surface area contributed by atoms with E-state index in [1.54, 1.807) is 0 Å². The second-order valence-electron chi connectivity index (χ2n) is 5.87. The summed E-state index contributed by atoms with van der Waals surface area (Å²) >= 11 is 0. The van der Waals surface area contributed by atoms with Gasteiger partial charge in [0.1, 0.15) is 13.2 Å². The van der Waals surface area contributed by atoms with Gasteiger partial charge in [-0.25, -0.2) is 0 Å². The molecular formula is C16H23N3O4. The Balaban J connectivity index is 2.00. The van der Waals surface area contributed by atoms with Crippen molar-refractivity contribution in [2.24, 2.45) is 0 Å². The Morgan fingerprint density at radius 2 is 1.83 bits per heavy atom. The Kier molecular flexibility index (Phi) is 6.09. The summed E-state index contributed by atoms with van der Waals surface area (Å²) in [6.07, 6.45) is 0.664. The fraction of sp³-hybridized carbons (Fsp3) is 0.500. The molecule has 1 aromatic carbocycles. The van der Waals surface area contributed by atoms with Crippen molar-refractivity contribution in [1.82, 2.24) is 15.5 Å². The lowest BCUT2D eigenvalue weighted by atomic mass is 9.98. The van der Waals surface area contributed by atoms with Gasteiger partial charge < -0.3 is 20.8 Å². The molecule has 0 aromatic heterocycles. The van der Waals surface area contributed by atoms with Crippen LogP contribution < -0.4 is 10.6 Å². The summed E-state index contributed by atoms with van der Waals surface area (Å²) in [6.45, 7) is 1.15. The molecule has 7 nitrogen and oxygen atoms in total. The van der Waals surface area contributed by atoms with Crippen LogP contribution in [0.4, 0.5) is 0 Å². The summed E-state index contributed by atoms with van der Waals surface area (Å²) in [7, 11) is 0. The Morgan fingerprint density at radius 1 is 1.13 bits per heavy atom. The molecule has 126 valence electrons. The number of benzene rings is 1. The van der Waals surface area contributed by atoms with Crippen molar-refractivity contribution in [2.75, 3.05) is 32.8 Å². The second-order valence-corrected chi connectivity index (χ2v) is 5.87. The monoisotopic (exact) mass is 321 g/mol. The van der Waals surface area contributed by atoms with Crippen LogP contribution in [0.2, 0.25) is 0 Å². The van der Waals surface area contributed by atoms with Gasteiger partial charge in [0.15, 0.2) is 0 Å². The predicted octanol–water partition coefficient (Wildman–Crippen LogP) is -1.15. The first-order valence-electron chi connectivity index (χ1n) is 7.62. The number of rotatable bonds is 7. The van der Waals surface area contributed by atoms with Crippen molar-refractivity contribution in [3.05, 3.63) is 35.9 Å². The van der Waals surface area contributed by atoms with E-state index in [1.165, 1.54) is 5.56 Å². The number of carbonyl (C=O) groups is 2. The Bertz CT molecular complexity index is 537. The quantitative estimate of drug-likeness (QED) is 0.508. The number of nitrogens with one attached hydrogen (secondary N) is 2. The van der Waals surface area contributed by atoms with E-state index < -0.39 is 30.6 Å². The van der Waals surface area contributed by atoms with E-state index in [2.05, 4.69) is 15.5 Å². The van der Waals surface area contributed by atoms with Crippen LogP contribution in [0.1, 0.15) is 12.0 Å². The molecule has 0 spiro atoms. The minimum absolute atomic E-state index is 0.226. The van der Waals surface area contributed by atoms with Crippen LogP contribution in [0.25, 0.3) is 0 Å². The molecule has 0 aliphatic carbocycles. The van der Waals surface area contributed by atoms with Crippen molar-refractivity contribution in [2.45, 2.75) is 18.5 Å². The third-order valence-corrected chi connectivity index (χ3v) is 4.00. The van der Waals surface area contributed by atoms with Crippen molar-refractivity contribution >= 4 is 11.8 Å². The van der Waals surface area contributed by atoms with E-state index in [0.29, 0.717) is 13.0 Å². The van der Waals surface area contributed by atoms with Gasteiger partial charge in [-0.1, -0.05) is 30.3 Å². The van der Waals surface area contributed by atoms with Gasteiger partial charge in [0.25, 0.3) is 0 Å². The molecule has 0 saturated carbocycles. The summed E-state index contributed by atoms with van der Waals surface area (Å²) < 4.78 is 0. The van der Waals surface area contributed by atoms with E-state index in [-0.39, 0.29) is 6.54 Å². The summed E-state index contributed by atoms with van der Waals surface area (Å²) in [5, 5.41) is 23.2. The highest BCUT2D eigenvalue weighted by Crippen LogP contribution is 2.22. The molecule has 1 aliphatic heterocycles. The van der Waals surface area contributed by atoms with Crippen molar-refractivity contribution in [3.63, 3.8) is 0 Å². The second kappa shape index (κ2) is 8.05. The van der Waals surface area contributed by atoms with E-state index in [9.17, 15) is 9.59 Å². The lowest BCUT2D eigenvalue weighted by Gasteiger charge is -2.31. The van der Waals surface area contributed by atoms with Gasteiger partial charge in [0.2, 0.25) is 11.8 Å². The molecule has 4 N–H and O–H groups in total. The minimum Gasteiger partial charge on any atom is -0.387 e. The maximum absolute atomic E-state index is 11.6. The van der Waals surface area contributed by atoms with E-state index >= 15 is 0 Å². The number of aliphatic hydroxyl groups excluding tert-OH is 2. The summed E-state index contributed by atoms with van der Waals surface area (Å²) in [5.74, 6) is -0.950. The summed E-state index contributed by atoms with van der Waals surface area (Å²) in [5.41, 5.74) is 0.551. The first kappa shape index (κ1) is 17.4. The van der Waals surface area contributed by atoms with Crippen LogP contribution in [0, 0.1) is 0 Å². The maximum atomic E-state index is 11.6. The Labute approximate surface area is 135 Å². The smallest absolute Gasteiger partial charge is 0.246 e. The van der Waals surface area contributed by atoms with Crippen LogP contribution in [-0.2, 0) is 16.1 Å². The fourth-order valence-electron chi connectivity index (χ4n) is 2.88. The molecule has 1 aliphatic rings. The molecule has 1 fully saturated rings. The molecule has 23 heavy (non-hydrogen) atoms. The molecule has 0 bridgehead atoms. The van der Waals surface area contributed by atoms with Crippen LogP contribution in [-0.4, -0.2) is 65.3 Å². The number of amides is 2. The molecule has 2 rings (SSSR count). The molecule has 1 atom stereocenters. The molecule has 1 saturated heterocycles. The number of hydrogen-bond donors (Lipinski definition) is 4. The van der Waals surface area contributed by atoms with Gasteiger partial charge in [-0.3, -0.25) is 14.5 Å². The summed E-state index contributed by atoms with van der Waals surface area (Å²) in [4.78, 5) is 25.1. The predicted molar refractivity (Wildman–Crippen MR) is 84.4 cm³/mol. The van der Waals surface area contributed by atoms with Crippen molar-refractivity contribution in [1.29, 1.82) is 0 Å². The lowest BCUT2D eigenvalue weighted by molar-refractivity contribution is -0.127. The van der Waals surface area contributed by atoms with E-state index in [0.717, 1.165) is 13.1 Å². The van der Waals surface area contributed by atoms with Crippen LogP contribution >= 0.6 is 0 Å². The van der Waals surface area contributed by atoms with E-state index in [1.807, 2.05) is 30.3 Å². The standard InChI is InChI=1S/C16H23N3O4/c20-9-14(22)17-11-16(18-15(23)10-21)6-7-19(12-16)8-13-4-2-1-3-5-13/h1-5,20-21H,6-12H2,(H,17,22)(H,18,23). The molecule has 1 aromatic rings. The highest BCUT2D eigenvalue weighted by Gasteiger charge is 2.39. The zero-order valence-corrected chi connectivity index (χ0v) is 13.0. The normalized spacial score (nSPS) is 21.1. The van der Waals surface area contributed by atoms with Gasteiger partial charge >= 0.3 is 0 Å². The number of likely N-dealkylation sites (tertiary alicyclic amines) is 1. The van der Waals surface area contributed by atoms with Crippen LogP contribution in [0.3, 0.4) is 0 Å². The van der Waals surface area contributed by atoms with E-state index in [4.69, 9.17) is 10.2 Å². The maximum Gasteiger partial charge on any atom is 0.246 e. The van der Waals surface area contributed by atoms with Crippen molar-refractivity contribution in [3.8, 4) is 0 Å². The number of nitrogens with zero attached hydrogens (tertiary/aromatic N) is 1. The van der Waals surface area contributed by atoms with Gasteiger partial charge in [-0.05, 0) is 12.0 Å². The highest BCUT2D eigenvalue weighted by molar-refractivity contribution is 5.79. The van der Waals surface area contributed by atoms with Gasteiger partial charge in [-0.2, -0.15) is 0 Å². The number of aliphatic hydroxyl groups is 2. The third-order valence-electron chi connectivity index (χ3n) is 4.00. The highest BCUT2D eigenvalue weighted by atomic mass is 16.3. The Morgan fingerprint density at radius 3 is 2.48 bits per heavy atom. The zero-order chi connectivity index (χ0) is 16.7.